The molecule has 2 aromatic rings. The SMILES string of the molecule is O=Cc1nc(-c2cc(Br)cs2)no1. The molecular weight excluding hydrogens is 256 g/mol. The molecule has 0 saturated heterocycles. The summed E-state index contributed by atoms with van der Waals surface area (Å²) in [4.78, 5) is 15.0. The second-order valence-electron chi connectivity index (χ2n) is 2.20. The highest BCUT2D eigenvalue weighted by Crippen LogP contribution is 2.27. The molecule has 0 aliphatic heterocycles. The van der Waals surface area contributed by atoms with Crippen molar-refractivity contribution in [2.45, 2.75) is 0 Å². The molecule has 0 radical (unpaired) electrons. The van der Waals surface area contributed by atoms with Crippen molar-refractivity contribution in [3.8, 4) is 10.7 Å². The number of carbonyl (C=O) groups is 1. The quantitative estimate of drug-likeness (QED) is 0.777. The maximum absolute atomic E-state index is 10.3. The third-order valence-electron chi connectivity index (χ3n) is 1.33. The molecule has 0 saturated carbocycles. The minimum absolute atomic E-state index is 0.000442. The van der Waals surface area contributed by atoms with E-state index in [-0.39, 0.29) is 5.89 Å². The smallest absolute Gasteiger partial charge is 0.291 e. The first-order valence-electron chi connectivity index (χ1n) is 3.33. The van der Waals surface area contributed by atoms with E-state index >= 15 is 0 Å². The molecular formula is C7H3BrN2O2S. The highest BCUT2D eigenvalue weighted by molar-refractivity contribution is 9.10. The van der Waals surface area contributed by atoms with Gasteiger partial charge in [-0.1, -0.05) is 5.16 Å². The first-order chi connectivity index (χ1) is 6.29. The van der Waals surface area contributed by atoms with Gasteiger partial charge in [0.1, 0.15) is 0 Å². The van der Waals surface area contributed by atoms with Crippen LogP contribution in [-0.2, 0) is 0 Å². The van der Waals surface area contributed by atoms with Gasteiger partial charge in [-0.15, -0.1) is 11.3 Å². The van der Waals surface area contributed by atoms with Gasteiger partial charge in [-0.05, 0) is 22.0 Å². The summed E-state index contributed by atoms with van der Waals surface area (Å²) < 4.78 is 5.60. The Kier molecular flexibility index (Phi) is 2.24. The second-order valence-corrected chi connectivity index (χ2v) is 4.03. The van der Waals surface area contributed by atoms with Gasteiger partial charge in [0, 0.05) is 9.85 Å². The lowest BCUT2D eigenvalue weighted by atomic mass is 10.4. The molecule has 2 rings (SSSR count). The molecule has 4 nitrogen and oxygen atoms in total. The average molecular weight is 259 g/mol. The topological polar surface area (TPSA) is 56.0 Å². The zero-order valence-electron chi connectivity index (χ0n) is 6.23. The maximum Gasteiger partial charge on any atom is 0.291 e. The van der Waals surface area contributed by atoms with E-state index in [1.54, 1.807) is 0 Å². The van der Waals surface area contributed by atoms with Gasteiger partial charge in [-0.25, -0.2) is 0 Å². The molecule has 0 N–H and O–H groups in total. The lowest BCUT2D eigenvalue weighted by molar-refractivity contribution is 0.108. The lowest BCUT2D eigenvalue weighted by Crippen LogP contribution is -1.77. The summed E-state index contributed by atoms with van der Waals surface area (Å²) in [5.41, 5.74) is 0. The van der Waals surface area contributed by atoms with Crippen LogP contribution in [0.15, 0.2) is 20.4 Å². The third-order valence-corrected chi connectivity index (χ3v) is 3.02. The molecule has 6 heteroatoms. The maximum atomic E-state index is 10.3. The molecule has 0 unspecified atom stereocenters. The molecule has 0 fully saturated rings. The zero-order chi connectivity index (χ0) is 9.26. The molecule has 0 aliphatic rings. The Morgan fingerprint density at radius 1 is 1.62 bits per heavy atom. The number of aldehydes is 1. The molecule has 0 aromatic carbocycles. The van der Waals surface area contributed by atoms with Gasteiger partial charge >= 0.3 is 0 Å². The molecule has 2 heterocycles. The molecule has 0 aliphatic carbocycles. The van der Waals surface area contributed by atoms with Crippen LogP contribution < -0.4 is 0 Å². The van der Waals surface area contributed by atoms with Crippen LogP contribution in [0.3, 0.4) is 0 Å². The fourth-order valence-corrected chi connectivity index (χ4v) is 2.17. The molecule has 0 bridgehead atoms. The van der Waals surface area contributed by atoms with Crippen LogP contribution in [0.25, 0.3) is 10.7 Å². The molecule has 0 amide bonds. The Morgan fingerprint density at radius 3 is 3.00 bits per heavy atom. The van der Waals surface area contributed by atoms with Crippen LogP contribution in [-0.4, -0.2) is 16.4 Å². The summed E-state index contributed by atoms with van der Waals surface area (Å²) >= 11 is 4.79. The van der Waals surface area contributed by atoms with Crippen molar-refractivity contribution in [3.63, 3.8) is 0 Å². The van der Waals surface area contributed by atoms with E-state index in [1.807, 2.05) is 11.4 Å². The van der Waals surface area contributed by atoms with E-state index in [1.165, 1.54) is 11.3 Å². The van der Waals surface area contributed by atoms with Crippen molar-refractivity contribution in [2.24, 2.45) is 0 Å². The standard InChI is InChI=1S/C7H3BrN2O2S/c8-4-1-5(13-3-4)7-9-6(2-11)12-10-7/h1-3H. The Hall–Kier alpha value is -1.01. The average Bonchev–Trinajstić information content (AvgIpc) is 2.71. The van der Waals surface area contributed by atoms with Crippen molar-refractivity contribution < 1.29 is 9.32 Å². The van der Waals surface area contributed by atoms with E-state index in [9.17, 15) is 4.79 Å². The van der Waals surface area contributed by atoms with Crippen LogP contribution in [0.4, 0.5) is 0 Å². The summed E-state index contributed by atoms with van der Waals surface area (Å²) in [7, 11) is 0. The summed E-state index contributed by atoms with van der Waals surface area (Å²) in [5, 5.41) is 5.55. The minimum atomic E-state index is -0.000442. The summed E-state index contributed by atoms with van der Waals surface area (Å²) in [6.07, 6.45) is 0.527. The monoisotopic (exact) mass is 258 g/mol. The lowest BCUT2D eigenvalue weighted by Gasteiger charge is -1.80. The zero-order valence-corrected chi connectivity index (χ0v) is 8.63. The predicted molar refractivity (Wildman–Crippen MR) is 50.7 cm³/mol. The number of rotatable bonds is 2. The Morgan fingerprint density at radius 2 is 2.46 bits per heavy atom. The first kappa shape index (κ1) is 8.58. The Balaban J connectivity index is 2.40. The largest absolute Gasteiger partial charge is 0.331 e. The number of thiophene rings is 1. The summed E-state index contributed by atoms with van der Waals surface area (Å²) in [6, 6.07) is 1.87. The summed E-state index contributed by atoms with van der Waals surface area (Å²) in [6.45, 7) is 0. The molecule has 13 heavy (non-hydrogen) atoms. The van der Waals surface area contributed by atoms with Gasteiger partial charge in [0.05, 0.1) is 4.88 Å². The van der Waals surface area contributed by atoms with Crippen LogP contribution in [0, 0.1) is 0 Å². The molecule has 66 valence electrons. The van der Waals surface area contributed by atoms with Crippen molar-refractivity contribution in [3.05, 3.63) is 21.8 Å². The summed E-state index contributed by atoms with van der Waals surface area (Å²) in [5.74, 6) is 0.442. The fourth-order valence-electron chi connectivity index (χ4n) is 0.813. The fraction of sp³-hybridized carbons (Fsp3) is 0. The van der Waals surface area contributed by atoms with Gasteiger partial charge in [0.2, 0.25) is 12.1 Å². The van der Waals surface area contributed by atoms with Crippen LogP contribution in [0.2, 0.25) is 0 Å². The van der Waals surface area contributed by atoms with E-state index in [0.717, 1.165) is 9.35 Å². The number of carbonyl (C=O) groups excluding carboxylic acids is 1. The second kappa shape index (κ2) is 3.39. The third kappa shape index (κ3) is 1.68. The highest BCUT2D eigenvalue weighted by atomic mass is 79.9. The molecule has 0 atom stereocenters. The van der Waals surface area contributed by atoms with Crippen molar-refractivity contribution >= 4 is 33.6 Å². The van der Waals surface area contributed by atoms with E-state index in [4.69, 9.17) is 0 Å². The van der Waals surface area contributed by atoms with Gasteiger partial charge in [0.25, 0.3) is 5.89 Å². The number of hydrogen-bond acceptors (Lipinski definition) is 5. The van der Waals surface area contributed by atoms with E-state index in [0.29, 0.717) is 12.1 Å². The minimum Gasteiger partial charge on any atom is -0.331 e. The van der Waals surface area contributed by atoms with Crippen LogP contribution in [0.5, 0.6) is 0 Å². The van der Waals surface area contributed by atoms with Crippen LogP contribution >= 0.6 is 27.3 Å². The normalized spacial score (nSPS) is 10.2. The van der Waals surface area contributed by atoms with Crippen LogP contribution in [0.1, 0.15) is 10.7 Å². The highest BCUT2D eigenvalue weighted by Gasteiger charge is 2.09. The van der Waals surface area contributed by atoms with Crippen molar-refractivity contribution in [2.75, 3.05) is 0 Å². The van der Waals surface area contributed by atoms with Gasteiger partial charge < -0.3 is 4.52 Å². The van der Waals surface area contributed by atoms with Crippen molar-refractivity contribution in [1.82, 2.24) is 10.1 Å². The Labute approximate surface area is 85.7 Å². The molecule has 2 aromatic heterocycles. The predicted octanol–water partition coefficient (Wildman–Crippen LogP) is 2.37. The van der Waals surface area contributed by atoms with E-state index in [2.05, 4.69) is 30.6 Å². The van der Waals surface area contributed by atoms with Gasteiger partial charge in [0.15, 0.2) is 0 Å². The number of aromatic nitrogens is 2. The van der Waals surface area contributed by atoms with Crippen molar-refractivity contribution in [1.29, 1.82) is 0 Å². The number of nitrogens with zero attached hydrogens (tertiary/aromatic N) is 2. The van der Waals surface area contributed by atoms with Gasteiger partial charge in [-0.2, -0.15) is 4.98 Å². The van der Waals surface area contributed by atoms with Gasteiger partial charge in [-0.3, -0.25) is 4.79 Å². The first-order valence-corrected chi connectivity index (χ1v) is 5.00. The number of halogens is 1. The molecule has 0 spiro atoms. The number of hydrogen-bond donors (Lipinski definition) is 0. The Bertz CT molecular complexity index is 437. The van der Waals surface area contributed by atoms with E-state index < -0.39 is 0 Å².